The molecule has 1 aromatic rings. The van der Waals surface area contributed by atoms with Crippen LogP contribution in [0.3, 0.4) is 0 Å². The summed E-state index contributed by atoms with van der Waals surface area (Å²) in [7, 11) is 0. The fourth-order valence-corrected chi connectivity index (χ4v) is 2.59. The molecule has 1 saturated heterocycles. The van der Waals surface area contributed by atoms with E-state index in [-0.39, 0.29) is 12.0 Å². The van der Waals surface area contributed by atoms with Gasteiger partial charge in [-0.1, -0.05) is 12.1 Å². The quantitative estimate of drug-likeness (QED) is 0.860. The zero-order chi connectivity index (χ0) is 13.9. The average molecular weight is 281 g/mol. The largest absolute Gasteiger partial charge is 0.349 e. The molecule has 5 heteroatoms. The molecular formula is C14H19NO3S. The molecule has 0 aliphatic carbocycles. The molecule has 1 unspecified atom stereocenters. The van der Waals surface area contributed by atoms with E-state index in [2.05, 4.69) is 5.32 Å². The molecule has 0 saturated carbocycles. The van der Waals surface area contributed by atoms with Gasteiger partial charge in [-0.15, -0.1) is 11.8 Å². The summed E-state index contributed by atoms with van der Waals surface area (Å²) in [5.41, 5.74) is 0.702. The number of rotatable bonds is 4. The van der Waals surface area contributed by atoms with Crippen molar-refractivity contribution in [2.24, 2.45) is 0 Å². The second-order valence-corrected chi connectivity index (χ2v) is 5.71. The summed E-state index contributed by atoms with van der Waals surface area (Å²) in [6.45, 7) is 4.72. The van der Waals surface area contributed by atoms with Gasteiger partial charge in [0.25, 0.3) is 5.91 Å². The Hall–Kier alpha value is -1.04. The summed E-state index contributed by atoms with van der Waals surface area (Å²) in [5.74, 6) is -0.620. The van der Waals surface area contributed by atoms with E-state index in [9.17, 15) is 4.79 Å². The summed E-state index contributed by atoms with van der Waals surface area (Å²) in [4.78, 5) is 13.1. The molecule has 1 amide bonds. The molecule has 1 aliphatic heterocycles. The molecule has 104 valence electrons. The monoisotopic (exact) mass is 281 g/mol. The van der Waals surface area contributed by atoms with Crippen molar-refractivity contribution in [3.05, 3.63) is 29.8 Å². The minimum Gasteiger partial charge on any atom is -0.349 e. The fraction of sp³-hybridized carbons (Fsp3) is 0.500. The summed E-state index contributed by atoms with van der Waals surface area (Å²) < 4.78 is 11.1. The molecule has 1 aromatic carbocycles. The smallest absolute Gasteiger partial charge is 0.252 e. The van der Waals surface area contributed by atoms with Crippen LogP contribution in [0, 0.1) is 0 Å². The highest BCUT2D eigenvalue weighted by Gasteiger charge is 2.32. The van der Waals surface area contributed by atoms with Gasteiger partial charge in [0.1, 0.15) is 6.10 Å². The second-order valence-electron chi connectivity index (χ2n) is 4.86. The number of hydrogen-bond donors (Lipinski definition) is 1. The Kier molecular flexibility index (Phi) is 4.50. The molecule has 0 aromatic heterocycles. The number of ether oxygens (including phenoxy) is 2. The average Bonchev–Trinajstić information content (AvgIpc) is 2.75. The van der Waals surface area contributed by atoms with Crippen molar-refractivity contribution in [1.29, 1.82) is 0 Å². The Morgan fingerprint density at radius 2 is 2.21 bits per heavy atom. The topological polar surface area (TPSA) is 47.6 Å². The first-order chi connectivity index (χ1) is 9.02. The van der Waals surface area contributed by atoms with Crippen molar-refractivity contribution in [2.45, 2.75) is 30.6 Å². The van der Waals surface area contributed by atoms with Crippen LogP contribution in [0.5, 0.6) is 0 Å². The van der Waals surface area contributed by atoms with Gasteiger partial charge in [0.2, 0.25) is 0 Å². The van der Waals surface area contributed by atoms with Crippen molar-refractivity contribution in [3.8, 4) is 0 Å². The molecule has 0 radical (unpaired) electrons. The van der Waals surface area contributed by atoms with Crippen molar-refractivity contribution in [2.75, 3.05) is 19.4 Å². The number of hydrogen-bond acceptors (Lipinski definition) is 4. The molecular weight excluding hydrogens is 262 g/mol. The lowest BCUT2D eigenvalue weighted by Gasteiger charge is -2.17. The van der Waals surface area contributed by atoms with Crippen LogP contribution in [0.25, 0.3) is 0 Å². The van der Waals surface area contributed by atoms with Crippen molar-refractivity contribution in [3.63, 3.8) is 0 Å². The van der Waals surface area contributed by atoms with Crippen LogP contribution >= 0.6 is 11.8 Å². The van der Waals surface area contributed by atoms with Gasteiger partial charge >= 0.3 is 0 Å². The summed E-state index contributed by atoms with van der Waals surface area (Å²) in [5, 5.41) is 2.90. The second kappa shape index (κ2) is 5.94. The maximum Gasteiger partial charge on any atom is 0.252 e. The Labute approximate surface area is 117 Å². The van der Waals surface area contributed by atoms with Crippen LogP contribution in [0.2, 0.25) is 0 Å². The summed E-state index contributed by atoms with van der Waals surface area (Å²) >= 11 is 1.56. The van der Waals surface area contributed by atoms with Gasteiger partial charge < -0.3 is 14.8 Å². The summed E-state index contributed by atoms with van der Waals surface area (Å²) in [6, 6.07) is 7.57. The van der Waals surface area contributed by atoms with E-state index in [4.69, 9.17) is 9.47 Å². The van der Waals surface area contributed by atoms with E-state index in [1.54, 1.807) is 11.8 Å². The number of carbonyl (C=O) groups is 1. The van der Waals surface area contributed by atoms with Crippen molar-refractivity contribution < 1.29 is 14.3 Å². The molecule has 19 heavy (non-hydrogen) atoms. The molecule has 1 aliphatic rings. The molecule has 1 fully saturated rings. The van der Waals surface area contributed by atoms with E-state index in [0.717, 1.165) is 4.90 Å². The van der Waals surface area contributed by atoms with Crippen LogP contribution in [0.15, 0.2) is 29.2 Å². The molecule has 1 heterocycles. The first kappa shape index (κ1) is 14.4. The van der Waals surface area contributed by atoms with E-state index in [0.29, 0.717) is 18.7 Å². The van der Waals surface area contributed by atoms with Crippen LogP contribution in [-0.2, 0) is 9.47 Å². The molecule has 4 nitrogen and oxygen atoms in total. The van der Waals surface area contributed by atoms with Gasteiger partial charge in [-0.3, -0.25) is 4.79 Å². The predicted molar refractivity (Wildman–Crippen MR) is 75.5 cm³/mol. The lowest BCUT2D eigenvalue weighted by atomic mass is 10.2. The van der Waals surface area contributed by atoms with Crippen LogP contribution in [-0.4, -0.2) is 37.2 Å². The van der Waals surface area contributed by atoms with Gasteiger partial charge in [0, 0.05) is 11.4 Å². The van der Waals surface area contributed by atoms with E-state index in [1.807, 2.05) is 44.4 Å². The predicted octanol–water partition coefficient (Wildman–Crippen LogP) is 2.29. The third-order valence-electron chi connectivity index (χ3n) is 2.91. The number of carbonyl (C=O) groups excluding carboxylic acids is 1. The first-order valence-electron chi connectivity index (χ1n) is 6.25. The summed E-state index contributed by atoms with van der Waals surface area (Å²) in [6.07, 6.45) is 1.88. The first-order valence-corrected chi connectivity index (χ1v) is 7.47. The highest BCUT2D eigenvalue weighted by Crippen LogP contribution is 2.22. The Balaban J connectivity index is 1.91. The molecule has 2 rings (SSSR count). The third kappa shape index (κ3) is 3.72. The lowest BCUT2D eigenvalue weighted by molar-refractivity contribution is -0.137. The zero-order valence-electron chi connectivity index (χ0n) is 11.4. The van der Waals surface area contributed by atoms with Gasteiger partial charge in [-0.25, -0.2) is 0 Å². The molecule has 1 atom stereocenters. The Bertz CT molecular complexity index is 462. The highest BCUT2D eigenvalue weighted by atomic mass is 32.2. The van der Waals surface area contributed by atoms with E-state index < -0.39 is 5.79 Å². The SMILES string of the molecule is CSc1ccccc1C(=O)NCC1COC(C)(C)O1. The maximum absolute atomic E-state index is 12.1. The molecule has 1 N–H and O–H groups in total. The lowest BCUT2D eigenvalue weighted by Crippen LogP contribution is -2.34. The van der Waals surface area contributed by atoms with Gasteiger partial charge in [0.15, 0.2) is 5.79 Å². The molecule has 0 spiro atoms. The van der Waals surface area contributed by atoms with Gasteiger partial charge in [0.05, 0.1) is 12.2 Å². The van der Waals surface area contributed by atoms with Gasteiger partial charge in [-0.2, -0.15) is 0 Å². The minimum atomic E-state index is -0.549. The number of amides is 1. The number of benzene rings is 1. The maximum atomic E-state index is 12.1. The van der Waals surface area contributed by atoms with Gasteiger partial charge in [-0.05, 0) is 32.2 Å². The standard InChI is InChI=1S/C14H19NO3S/c1-14(2)17-9-10(18-14)8-15-13(16)11-6-4-5-7-12(11)19-3/h4-7,10H,8-9H2,1-3H3,(H,15,16). The van der Waals surface area contributed by atoms with Crippen molar-refractivity contribution in [1.82, 2.24) is 5.32 Å². The van der Waals surface area contributed by atoms with Crippen LogP contribution in [0.4, 0.5) is 0 Å². The zero-order valence-corrected chi connectivity index (χ0v) is 12.3. The number of nitrogens with one attached hydrogen (secondary N) is 1. The number of thioether (sulfide) groups is 1. The van der Waals surface area contributed by atoms with Crippen LogP contribution < -0.4 is 5.32 Å². The third-order valence-corrected chi connectivity index (χ3v) is 3.71. The highest BCUT2D eigenvalue weighted by molar-refractivity contribution is 7.98. The van der Waals surface area contributed by atoms with E-state index in [1.165, 1.54) is 0 Å². The minimum absolute atomic E-state index is 0.0711. The fourth-order valence-electron chi connectivity index (χ4n) is 2.00. The van der Waals surface area contributed by atoms with Crippen molar-refractivity contribution >= 4 is 17.7 Å². The van der Waals surface area contributed by atoms with E-state index >= 15 is 0 Å². The normalized spacial score (nSPS) is 21.3. The Morgan fingerprint density at radius 1 is 1.47 bits per heavy atom. The van der Waals surface area contributed by atoms with Crippen LogP contribution in [0.1, 0.15) is 24.2 Å². The Morgan fingerprint density at radius 3 is 2.84 bits per heavy atom. The molecule has 0 bridgehead atoms.